The molecule has 2 heteroatoms. The summed E-state index contributed by atoms with van der Waals surface area (Å²) in [6.45, 7) is 6.27. The van der Waals surface area contributed by atoms with Crippen molar-refractivity contribution in [2.75, 3.05) is 7.11 Å². The number of methoxy groups -OCH3 is 1. The van der Waals surface area contributed by atoms with Gasteiger partial charge in [0.25, 0.3) is 0 Å². The molecule has 0 aliphatic carbocycles. The van der Waals surface area contributed by atoms with Gasteiger partial charge in [-0.2, -0.15) is 12.6 Å². The van der Waals surface area contributed by atoms with Gasteiger partial charge >= 0.3 is 0 Å². The molecule has 72 valence electrons. The maximum Gasteiger partial charge on any atom is 0.124 e. The second-order valence-corrected chi connectivity index (χ2v) is 3.61. The van der Waals surface area contributed by atoms with Crippen molar-refractivity contribution in [3.8, 4) is 5.75 Å². The molecular formula is C11H16OS. The molecule has 0 atom stereocenters. The predicted octanol–water partition coefficient (Wildman–Crippen LogP) is 3.05. The number of ether oxygens (including phenoxy) is 1. The van der Waals surface area contributed by atoms with E-state index in [0.717, 1.165) is 11.5 Å². The van der Waals surface area contributed by atoms with Crippen LogP contribution in [0.3, 0.4) is 0 Å². The number of rotatable bonds is 2. The molecule has 0 spiro atoms. The van der Waals surface area contributed by atoms with E-state index in [1.807, 2.05) is 0 Å². The van der Waals surface area contributed by atoms with Crippen molar-refractivity contribution in [2.45, 2.75) is 26.5 Å². The molecule has 0 bridgehead atoms. The second kappa shape index (κ2) is 4.05. The van der Waals surface area contributed by atoms with Gasteiger partial charge in [0, 0.05) is 5.75 Å². The number of aryl methyl sites for hydroxylation is 1. The maximum atomic E-state index is 5.33. The molecule has 0 radical (unpaired) electrons. The van der Waals surface area contributed by atoms with E-state index in [0.29, 0.717) is 0 Å². The molecule has 0 saturated carbocycles. The Morgan fingerprint density at radius 1 is 1.23 bits per heavy atom. The van der Waals surface area contributed by atoms with E-state index in [4.69, 9.17) is 4.74 Å². The van der Waals surface area contributed by atoms with Crippen LogP contribution in [0.25, 0.3) is 0 Å². The number of hydrogen-bond acceptors (Lipinski definition) is 2. The summed E-state index contributed by atoms with van der Waals surface area (Å²) in [6.07, 6.45) is 0. The van der Waals surface area contributed by atoms with E-state index in [9.17, 15) is 0 Å². The fourth-order valence-electron chi connectivity index (χ4n) is 1.62. The summed E-state index contributed by atoms with van der Waals surface area (Å²) in [5.74, 6) is 1.79. The summed E-state index contributed by atoms with van der Waals surface area (Å²) in [7, 11) is 1.72. The standard InChI is InChI=1S/C11H16OS/c1-7-5-10(6-13)8(2)9(3)11(7)12-4/h5,13H,6H2,1-4H3. The molecule has 0 N–H and O–H groups in total. The van der Waals surface area contributed by atoms with E-state index in [1.165, 1.54) is 22.3 Å². The van der Waals surface area contributed by atoms with Crippen molar-refractivity contribution in [3.05, 3.63) is 28.3 Å². The second-order valence-electron chi connectivity index (χ2n) is 3.29. The Bertz CT molecular complexity index is 318. The van der Waals surface area contributed by atoms with Gasteiger partial charge in [-0.3, -0.25) is 0 Å². The summed E-state index contributed by atoms with van der Waals surface area (Å²) >= 11 is 4.30. The first-order valence-electron chi connectivity index (χ1n) is 4.36. The van der Waals surface area contributed by atoms with E-state index < -0.39 is 0 Å². The predicted molar refractivity (Wildman–Crippen MR) is 59.9 cm³/mol. The van der Waals surface area contributed by atoms with Crippen molar-refractivity contribution in [3.63, 3.8) is 0 Å². The van der Waals surface area contributed by atoms with Crippen LogP contribution in [0.15, 0.2) is 6.07 Å². The third-order valence-electron chi connectivity index (χ3n) is 2.51. The van der Waals surface area contributed by atoms with Gasteiger partial charge in [0.05, 0.1) is 7.11 Å². The van der Waals surface area contributed by atoms with Crippen LogP contribution in [0, 0.1) is 20.8 Å². The molecule has 0 heterocycles. The first-order chi connectivity index (χ1) is 6.11. The topological polar surface area (TPSA) is 9.23 Å². The summed E-state index contributed by atoms with van der Waals surface area (Å²) in [6, 6.07) is 2.15. The zero-order valence-electron chi connectivity index (χ0n) is 8.64. The molecule has 0 fully saturated rings. The van der Waals surface area contributed by atoms with Crippen LogP contribution >= 0.6 is 12.6 Å². The Morgan fingerprint density at radius 3 is 2.31 bits per heavy atom. The largest absolute Gasteiger partial charge is 0.496 e. The highest BCUT2D eigenvalue weighted by molar-refractivity contribution is 7.79. The number of benzene rings is 1. The molecular weight excluding hydrogens is 180 g/mol. The monoisotopic (exact) mass is 196 g/mol. The third-order valence-corrected chi connectivity index (χ3v) is 2.85. The summed E-state index contributed by atoms with van der Waals surface area (Å²) in [5.41, 5.74) is 5.00. The lowest BCUT2D eigenvalue weighted by Gasteiger charge is -2.14. The summed E-state index contributed by atoms with van der Waals surface area (Å²) in [4.78, 5) is 0. The van der Waals surface area contributed by atoms with Gasteiger partial charge in [-0.05, 0) is 43.0 Å². The zero-order valence-corrected chi connectivity index (χ0v) is 9.53. The lowest BCUT2D eigenvalue weighted by Crippen LogP contribution is -1.97. The van der Waals surface area contributed by atoms with Crippen LogP contribution < -0.4 is 4.74 Å². The minimum absolute atomic E-state index is 0.789. The lowest BCUT2D eigenvalue weighted by atomic mass is 10.00. The zero-order chi connectivity index (χ0) is 10.0. The quantitative estimate of drug-likeness (QED) is 0.715. The van der Waals surface area contributed by atoms with Gasteiger partial charge < -0.3 is 4.74 Å². The Kier molecular flexibility index (Phi) is 3.26. The van der Waals surface area contributed by atoms with Crippen LogP contribution in [0.5, 0.6) is 5.75 Å². The van der Waals surface area contributed by atoms with Gasteiger partial charge in [0.15, 0.2) is 0 Å². The molecule has 13 heavy (non-hydrogen) atoms. The molecule has 0 amide bonds. The van der Waals surface area contributed by atoms with Crippen LogP contribution in [0.1, 0.15) is 22.3 Å². The Hall–Kier alpha value is -0.630. The molecule has 0 aliphatic rings. The third kappa shape index (κ3) is 1.83. The smallest absolute Gasteiger partial charge is 0.124 e. The minimum Gasteiger partial charge on any atom is -0.496 e. The molecule has 1 rings (SSSR count). The van der Waals surface area contributed by atoms with Crippen LogP contribution in [0.4, 0.5) is 0 Å². The van der Waals surface area contributed by atoms with Crippen LogP contribution in [-0.4, -0.2) is 7.11 Å². The number of thiol groups is 1. The van der Waals surface area contributed by atoms with Crippen molar-refractivity contribution < 1.29 is 4.74 Å². The minimum atomic E-state index is 0.789. The van der Waals surface area contributed by atoms with E-state index in [2.05, 4.69) is 39.5 Å². The van der Waals surface area contributed by atoms with E-state index in [1.54, 1.807) is 7.11 Å². The van der Waals surface area contributed by atoms with Crippen molar-refractivity contribution >= 4 is 12.6 Å². The normalized spacial score (nSPS) is 10.2. The Morgan fingerprint density at radius 2 is 1.85 bits per heavy atom. The van der Waals surface area contributed by atoms with Crippen molar-refractivity contribution in [1.29, 1.82) is 0 Å². The van der Waals surface area contributed by atoms with Gasteiger partial charge in [0.2, 0.25) is 0 Å². The molecule has 0 aliphatic heterocycles. The maximum absolute atomic E-state index is 5.33. The first-order valence-corrected chi connectivity index (χ1v) is 4.99. The first kappa shape index (κ1) is 10.5. The molecule has 0 saturated heterocycles. The van der Waals surface area contributed by atoms with Gasteiger partial charge in [-0.15, -0.1) is 0 Å². The highest BCUT2D eigenvalue weighted by atomic mass is 32.1. The highest BCUT2D eigenvalue weighted by Crippen LogP contribution is 2.28. The van der Waals surface area contributed by atoms with Gasteiger partial charge in [-0.25, -0.2) is 0 Å². The van der Waals surface area contributed by atoms with Crippen molar-refractivity contribution in [2.24, 2.45) is 0 Å². The average Bonchev–Trinajstić information content (AvgIpc) is 2.12. The average molecular weight is 196 g/mol. The Balaban J connectivity index is 3.37. The van der Waals surface area contributed by atoms with Gasteiger partial charge in [0.1, 0.15) is 5.75 Å². The Labute approximate surface area is 85.5 Å². The summed E-state index contributed by atoms with van der Waals surface area (Å²) < 4.78 is 5.33. The lowest BCUT2D eigenvalue weighted by molar-refractivity contribution is 0.408. The van der Waals surface area contributed by atoms with Crippen LogP contribution in [0.2, 0.25) is 0 Å². The van der Waals surface area contributed by atoms with Crippen LogP contribution in [-0.2, 0) is 5.75 Å². The fourth-order valence-corrected chi connectivity index (χ4v) is 1.95. The molecule has 0 aromatic heterocycles. The molecule has 1 aromatic carbocycles. The highest BCUT2D eigenvalue weighted by Gasteiger charge is 2.08. The van der Waals surface area contributed by atoms with Gasteiger partial charge in [-0.1, -0.05) is 6.07 Å². The fraction of sp³-hybridized carbons (Fsp3) is 0.455. The summed E-state index contributed by atoms with van der Waals surface area (Å²) in [5, 5.41) is 0. The van der Waals surface area contributed by atoms with E-state index in [-0.39, 0.29) is 0 Å². The SMILES string of the molecule is COc1c(C)cc(CS)c(C)c1C. The van der Waals surface area contributed by atoms with E-state index >= 15 is 0 Å². The van der Waals surface area contributed by atoms with Crippen molar-refractivity contribution in [1.82, 2.24) is 0 Å². The number of hydrogen-bond donors (Lipinski definition) is 1. The molecule has 1 nitrogen and oxygen atoms in total. The molecule has 0 unspecified atom stereocenters. The molecule has 1 aromatic rings.